The predicted molar refractivity (Wildman–Crippen MR) is 98.1 cm³/mol. The Kier molecular flexibility index (Phi) is 5.66. The van der Waals surface area contributed by atoms with Crippen molar-refractivity contribution in [1.82, 2.24) is 10.2 Å². The summed E-state index contributed by atoms with van der Waals surface area (Å²) >= 11 is 0. The highest BCUT2D eigenvalue weighted by molar-refractivity contribution is 5.93. The van der Waals surface area contributed by atoms with Crippen LogP contribution < -0.4 is 5.32 Å². The maximum atomic E-state index is 13.7. The van der Waals surface area contributed by atoms with Gasteiger partial charge < -0.3 is 10.2 Å². The molecule has 0 saturated heterocycles. The molecule has 2 aromatic rings. The molecule has 3 rings (SSSR count). The summed E-state index contributed by atoms with van der Waals surface area (Å²) in [6.07, 6.45) is 2.74. The van der Waals surface area contributed by atoms with Crippen LogP contribution in [0.3, 0.4) is 0 Å². The van der Waals surface area contributed by atoms with Gasteiger partial charge in [-0.1, -0.05) is 30.3 Å². The van der Waals surface area contributed by atoms with Crippen molar-refractivity contribution in [3.63, 3.8) is 0 Å². The maximum Gasteiger partial charge on any atom is 0.251 e. The third-order valence-corrected chi connectivity index (χ3v) is 4.67. The fourth-order valence-electron chi connectivity index (χ4n) is 3.00. The van der Waals surface area contributed by atoms with E-state index in [4.69, 9.17) is 0 Å². The minimum Gasteiger partial charge on any atom is -0.355 e. The van der Waals surface area contributed by atoms with E-state index in [0.29, 0.717) is 30.5 Å². The lowest BCUT2D eigenvalue weighted by molar-refractivity contribution is -0.132. The van der Waals surface area contributed by atoms with Gasteiger partial charge in [0, 0.05) is 31.6 Å². The number of benzene rings is 2. The fraction of sp³-hybridized carbons (Fsp3) is 0.333. The molecule has 1 N–H and O–H groups in total. The lowest BCUT2D eigenvalue weighted by Gasteiger charge is -2.23. The van der Waals surface area contributed by atoms with Gasteiger partial charge in [0.2, 0.25) is 5.91 Å². The molecule has 0 bridgehead atoms. The van der Waals surface area contributed by atoms with Gasteiger partial charge in [0.05, 0.1) is 0 Å². The van der Waals surface area contributed by atoms with Crippen LogP contribution in [0.25, 0.3) is 0 Å². The zero-order valence-electron chi connectivity index (χ0n) is 14.9. The van der Waals surface area contributed by atoms with Crippen molar-refractivity contribution in [2.75, 3.05) is 7.05 Å². The number of hydrogen-bond acceptors (Lipinski definition) is 2. The quantitative estimate of drug-likeness (QED) is 0.829. The summed E-state index contributed by atoms with van der Waals surface area (Å²) in [6, 6.07) is 14.2. The van der Waals surface area contributed by atoms with Gasteiger partial charge in [-0.05, 0) is 48.6 Å². The molecule has 1 saturated carbocycles. The molecule has 1 aliphatic carbocycles. The molecule has 0 aliphatic heterocycles. The van der Waals surface area contributed by atoms with E-state index in [0.717, 1.165) is 18.4 Å². The number of carbonyl (C=O) groups is 2. The Balaban J connectivity index is 1.63. The number of nitrogens with one attached hydrogen (secondary N) is 1. The predicted octanol–water partition coefficient (Wildman–Crippen LogP) is 3.31. The Hall–Kier alpha value is -2.69. The Bertz CT molecular complexity index is 785. The normalized spacial score (nSPS) is 13.3. The summed E-state index contributed by atoms with van der Waals surface area (Å²) in [5.41, 5.74) is 2.16. The second kappa shape index (κ2) is 8.13. The van der Waals surface area contributed by atoms with E-state index in [1.165, 1.54) is 6.07 Å². The van der Waals surface area contributed by atoms with Gasteiger partial charge in [-0.15, -0.1) is 0 Å². The van der Waals surface area contributed by atoms with E-state index in [1.807, 2.05) is 17.0 Å². The zero-order chi connectivity index (χ0) is 18.5. The summed E-state index contributed by atoms with van der Waals surface area (Å²) in [5, 5.41) is 2.59. The monoisotopic (exact) mass is 354 g/mol. The van der Waals surface area contributed by atoms with Crippen LogP contribution in [0.4, 0.5) is 4.39 Å². The highest BCUT2D eigenvalue weighted by Gasteiger charge is 2.32. The number of aryl methyl sites for hydroxylation is 1. The van der Waals surface area contributed by atoms with Crippen LogP contribution in [0.15, 0.2) is 48.5 Å². The number of halogens is 1. The first kappa shape index (κ1) is 18.1. The van der Waals surface area contributed by atoms with E-state index in [9.17, 15) is 14.0 Å². The van der Waals surface area contributed by atoms with E-state index < -0.39 is 0 Å². The van der Waals surface area contributed by atoms with Crippen molar-refractivity contribution in [1.29, 1.82) is 0 Å². The average molecular weight is 354 g/mol. The number of carbonyl (C=O) groups excluding carboxylic acids is 2. The Morgan fingerprint density at radius 2 is 1.81 bits per heavy atom. The number of amides is 2. The van der Waals surface area contributed by atoms with Crippen molar-refractivity contribution < 1.29 is 14.0 Å². The van der Waals surface area contributed by atoms with Crippen molar-refractivity contribution in [3.8, 4) is 0 Å². The van der Waals surface area contributed by atoms with Crippen LogP contribution >= 0.6 is 0 Å². The van der Waals surface area contributed by atoms with Crippen molar-refractivity contribution >= 4 is 11.8 Å². The third kappa shape index (κ3) is 4.48. The topological polar surface area (TPSA) is 49.4 Å². The van der Waals surface area contributed by atoms with Crippen LogP contribution in [0.2, 0.25) is 0 Å². The van der Waals surface area contributed by atoms with E-state index in [-0.39, 0.29) is 23.7 Å². The fourth-order valence-corrected chi connectivity index (χ4v) is 3.00. The maximum absolute atomic E-state index is 13.7. The lowest BCUT2D eigenvalue weighted by atomic mass is 10.1. The number of nitrogens with zero attached hydrogens (tertiary/aromatic N) is 1. The van der Waals surface area contributed by atoms with E-state index >= 15 is 0 Å². The van der Waals surface area contributed by atoms with Gasteiger partial charge in [-0.2, -0.15) is 0 Å². The van der Waals surface area contributed by atoms with Crippen LogP contribution in [-0.4, -0.2) is 29.8 Å². The third-order valence-electron chi connectivity index (χ3n) is 4.67. The van der Waals surface area contributed by atoms with Crippen LogP contribution in [-0.2, 0) is 17.8 Å². The first-order valence-electron chi connectivity index (χ1n) is 8.92. The highest BCUT2D eigenvalue weighted by Crippen LogP contribution is 2.29. The molecule has 0 radical (unpaired) electrons. The van der Waals surface area contributed by atoms with Gasteiger partial charge in [-0.3, -0.25) is 9.59 Å². The minimum absolute atomic E-state index is 0.0473. The SMILES string of the molecule is CNC(=O)c1ccc(CN(C(=O)CCc2ccccc2F)C2CC2)cc1. The summed E-state index contributed by atoms with van der Waals surface area (Å²) in [7, 11) is 1.60. The van der Waals surface area contributed by atoms with E-state index in [1.54, 1.807) is 37.4 Å². The first-order valence-corrected chi connectivity index (χ1v) is 8.92. The number of hydrogen-bond donors (Lipinski definition) is 1. The molecule has 0 spiro atoms. The second-order valence-electron chi connectivity index (χ2n) is 6.62. The molecular formula is C21H23FN2O2. The molecule has 2 aromatic carbocycles. The summed E-state index contributed by atoms with van der Waals surface area (Å²) in [6.45, 7) is 0.523. The average Bonchev–Trinajstić information content (AvgIpc) is 3.50. The smallest absolute Gasteiger partial charge is 0.251 e. The Labute approximate surface area is 153 Å². The Morgan fingerprint density at radius 3 is 2.42 bits per heavy atom. The molecule has 0 aromatic heterocycles. The van der Waals surface area contributed by atoms with E-state index in [2.05, 4.69) is 5.32 Å². The molecule has 0 atom stereocenters. The lowest BCUT2D eigenvalue weighted by Crippen LogP contribution is -2.32. The molecule has 1 fully saturated rings. The summed E-state index contributed by atoms with van der Waals surface area (Å²) in [5.74, 6) is -0.342. The highest BCUT2D eigenvalue weighted by atomic mass is 19.1. The molecule has 0 heterocycles. The molecule has 136 valence electrons. The number of rotatable bonds is 7. The summed E-state index contributed by atoms with van der Waals surface area (Å²) < 4.78 is 13.7. The molecule has 2 amide bonds. The largest absolute Gasteiger partial charge is 0.355 e. The van der Waals surface area contributed by atoms with Crippen molar-refractivity contribution in [2.24, 2.45) is 0 Å². The Morgan fingerprint density at radius 1 is 1.12 bits per heavy atom. The van der Waals surface area contributed by atoms with Crippen LogP contribution in [0.5, 0.6) is 0 Å². The van der Waals surface area contributed by atoms with Gasteiger partial charge >= 0.3 is 0 Å². The van der Waals surface area contributed by atoms with Crippen LogP contribution in [0.1, 0.15) is 40.7 Å². The van der Waals surface area contributed by atoms with Gasteiger partial charge in [0.15, 0.2) is 0 Å². The molecule has 0 unspecified atom stereocenters. The molecule has 26 heavy (non-hydrogen) atoms. The first-order chi connectivity index (χ1) is 12.6. The summed E-state index contributed by atoms with van der Waals surface area (Å²) in [4.78, 5) is 26.2. The van der Waals surface area contributed by atoms with Crippen molar-refractivity contribution in [3.05, 3.63) is 71.0 Å². The van der Waals surface area contributed by atoms with Crippen LogP contribution in [0, 0.1) is 5.82 Å². The second-order valence-corrected chi connectivity index (χ2v) is 6.62. The molecular weight excluding hydrogens is 331 g/mol. The molecule has 4 nitrogen and oxygen atoms in total. The molecule has 5 heteroatoms. The van der Waals surface area contributed by atoms with Crippen molar-refractivity contribution in [2.45, 2.75) is 38.3 Å². The molecule has 1 aliphatic rings. The zero-order valence-corrected chi connectivity index (χ0v) is 14.9. The van der Waals surface area contributed by atoms with Gasteiger partial charge in [-0.25, -0.2) is 4.39 Å². The van der Waals surface area contributed by atoms with Gasteiger partial charge in [0.25, 0.3) is 5.91 Å². The standard InChI is InChI=1S/C21H23FN2O2/c1-23-21(26)17-8-6-15(7-9-17)14-24(18-11-12-18)20(25)13-10-16-4-2-3-5-19(16)22/h2-9,18H,10-14H2,1H3,(H,23,26). The van der Waals surface area contributed by atoms with Gasteiger partial charge in [0.1, 0.15) is 5.82 Å². The minimum atomic E-state index is -0.261.